The van der Waals surface area contributed by atoms with E-state index < -0.39 is 0 Å². The van der Waals surface area contributed by atoms with Crippen molar-refractivity contribution in [2.24, 2.45) is 17.8 Å². The van der Waals surface area contributed by atoms with Gasteiger partial charge in [0.05, 0.1) is 0 Å². The molecular weight excluding hydrogens is 230 g/mol. The molecule has 0 saturated heterocycles. The van der Waals surface area contributed by atoms with E-state index in [4.69, 9.17) is 0 Å². The van der Waals surface area contributed by atoms with E-state index in [1.54, 1.807) is 19.3 Å². The zero-order valence-corrected chi connectivity index (χ0v) is 12.0. The van der Waals surface area contributed by atoms with Crippen LogP contribution in [0.1, 0.15) is 52.4 Å². The maximum absolute atomic E-state index is 3.88. The van der Waals surface area contributed by atoms with Crippen molar-refractivity contribution in [3.05, 3.63) is 11.6 Å². The minimum Gasteiger partial charge on any atom is -0.308 e. The highest BCUT2D eigenvalue weighted by molar-refractivity contribution is 5.85. The first-order chi connectivity index (χ1) is 7.65. The van der Waals surface area contributed by atoms with Crippen LogP contribution in [0.15, 0.2) is 11.6 Å². The van der Waals surface area contributed by atoms with Gasteiger partial charge in [0.1, 0.15) is 0 Å². The number of nitrogens with one attached hydrogen (secondary N) is 1. The molecule has 1 nitrogen and oxygen atoms in total. The van der Waals surface area contributed by atoms with Gasteiger partial charge in [-0.05, 0) is 70.1 Å². The second-order valence-corrected chi connectivity index (χ2v) is 6.86. The van der Waals surface area contributed by atoms with Crippen molar-refractivity contribution >= 4 is 12.4 Å². The summed E-state index contributed by atoms with van der Waals surface area (Å²) in [5.41, 5.74) is 1.98. The van der Waals surface area contributed by atoms with E-state index >= 15 is 0 Å². The van der Waals surface area contributed by atoms with Crippen LogP contribution in [0.4, 0.5) is 0 Å². The van der Waals surface area contributed by atoms with E-state index in [1.807, 2.05) is 0 Å². The molecule has 0 aromatic rings. The fourth-order valence-electron chi connectivity index (χ4n) is 4.80. The van der Waals surface area contributed by atoms with Crippen molar-refractivity contribution in [2.75, 3.05) is 6.54 Å². The quantitative estimate of drug-likeness (QED) is 0.754. The van der Waals surface area contributed by atoms with Gasteiger partial charge in [0.25, 0.3) is 0 Å². The highest BCUT2D eigenvalue weighted by Gasteiger charge is 2.50. The number of allylic oxidation sites excluding steroid dienone is 1. The number of rotatable bonds is 3. The van der Waals surface area contributed by atoms with Gasteiger partial charge in [-0.1, -0.05) is 11.6 Å². The summed E-state index contributed by atoms with van der Waals surface area (Å²) < 4.78 is 0. The van der Waals surface area contributed by atoms with Gasteiger partial charge in [0, 0.05) is 12.1 Å². The Labute approximate surface area is 112 Å². The molecule has 0 atom stereocenters. The van der Waals surface area contributed by atoms with Crippen LogP contribution in [0.3, 0.4) is 0 Å². The summed E-state index contributed by atoms with van der Waals surface area (Å²) in [5, 5.41) is 3.88. The van der Waals surface area contributed by atoms with Crippen LogP contribution in [0, 0.1) is 17.8 Å². The van der Waals surface area contributed by atoms with Gasteiger partial charge in [-0.3, -0.25) is 0 Å². The van der Waals surface area contributed by atoms with E-state index in [2.05, 4.69) is 25.2 Å². The lowest BCUT2D eigenvalue weighted by atomic mass is 9.53. The Bertz CT molecular complexity index is 269. The fourth-order valence-corrected chi connectivity index (χ4v) is 4.80. The normalized spacial score (nSPS) is 42.1. The van der Waals surface area contributed by atoms with E-state index in [9.17, 15) is 0 Å². The van der Waals surface area contributed by atoms with Gasteiger partial charge in [0.15, 0.2) is 0 Å². The third-order valence-electron chi connectivity index (χ3n) is 5.03. The molecule has 17 heavy (non-hydrogen) atoms. The summed E-state index contributed by atoms with van der Waals surface area (Å²) in [6, 6.07) is 0. The average Bonchev–Trinajstić information content (AvgIpc) is 2.13. The Morgan fingerprint density at radius 2 is 1.53 bits per heavy atom. The van der Waals surface area contributed by atoms with Gasteiger partial charge >= 0.3 is 0 Å². The van der Waals surface area contributed by atoms with Gasteiger partial charge in [-0.25, -0.2) is 0 Å². The molecule has 0 heterocycles. The van der Waals surface area contributed by atoms with Crippen LogP contribution >= 0.6 is 12.4 Å². The summed E-state index contributed by atoms with van der Waals surface area (Å²) in [6.07, 6.45) is 11.4. The standard InChI is InChI=1S/C15H25N.ClH/c1-11(2)3-4-16-15-8-12-5-13(9-15)7-14(6-12)10-15;/h3,12-14,16H,4-10H2,1-2H3;1H. The van der Waals surface area contributed by atoms with Crippen LogP contribution in [0.5, 0.6) is 0 Å². The third-order valence-corrected chi connectivity index (χ3v) is 5.03. The number of halogens is 1. The molecule has 0 aromatic carbocycles. The predicted octanol–water partition coefficient (Wildman–Crippen LogP) is 3.93. The van der Waals surface area contributed by atoms with Crippen molar-refractivity contribution < 1.29 is 0 Å². The highest BCUT2D eigenvalue weighted by Crippen LogP contribution is 2.55. The summed E-state index contributed by atoms with van der Waals surface area (Å²) in [5.74, 6) is 3.18. The maximum atomic E-state index is 3.88. The lowest BCUT2D eigenvalue weighted by molar-refractivity contribution is -0.0179. The molecule has 4 rings (SSSR count). The zero-order valence-electron chi connectivity index (χ0n) is 11.2. The molecule has 0 unspecified atom stereocenters. The first kappa shape index (κ1) is 13.4. The van der Waals surface area contributed by atoms with Gasteiger partial charge in [0.2, 0.25) is 0 Å². The second-order valence-electron chi connectivity index (χ2n) is 6.86. The van der Waals surface area contributed by atoms with E-state index in [-0.39, 0.29) is 12.4 Å². The Balaban J connectivity index is 0.00000108. The molecule has 0 amide bonds. The third kappa shape index (κ3) is 2.71. The monoisotopic (exact) mass is 255 g/mol. The molecule has 4 aliphatic carbocycles. The Hall–Kier alpha value is -0.0100. The molecule has 4 bridgehead atoms. The van der Waals surface area contributed by atoms with Gasteiger partial charge in [-0.15, -0.1) is 12.4 Å². The molecule has 1 N–H and O–H groups in total. The molecule has 98 valence electrons. The minimum absolute atomic E-state index is 0. The lowest BCUT2D eigenvalue weighted by Gasteiger charge is -2.57. The summed E-state index contributed by atoms with van der Waals surface area (Å²) in [6.45, 7) is 5.48. The van der Waals surface area contributed by atoms with Crippen LogP contribution in [-0.4, -0.2) is 12.1 Å². The van der Waals surface area contributed by atoms with Crippen molar-refractivity contribution in [2.45, 2.75) is 57.9 Å². The van der Waals surface area contributed by atoms with Crippen molar-refractivity contribution in [3.63, 3.8) is 0 Å². The second kappa shape index (κ2) is 4.93. The van der Waals surface area contributed by atoms with E-state index in [0.717, 1.165) is 24.3 Å². The largest absolute Gasteiger partial charge is 0.308 e. The van der Waals surface area contributed by atoms with Crippen LogP contribution < -0.4 is 5.32 Å². The Kier molecular flexibility index (Phi) is 3.89. The van der Waals surface area contributed by atoms with Crippen LogP contribution in [0.2, 0.25) is 0 Å². The first-order valence-electron chi connectivity index (χ1n) is 7.04. The zero-order chi connectivity index (χ0) is 11.2. The molecule has 0 aliphatic heterocycles. The van der Waals surface area contributed by atoms with Crippen molar-refractivity contribution in [1.29, 1.82) is 0 Å². The predicted molar refractivity (Wildman–Crippen MR) is 75.6 cm³/mol. The van der Waals surface area contributed by atoms with E-state index in [0.29, 0.717) is 5.54 Å². The molecule has 4 aliphatic rings. The van der Waals surface area contributed by atoms with Gasteiger partial charge in [-0.2, -0.15) is 0 Å². The topological polar surface area (TPSA) is 12.0 Å². The fraction of sp³-hybridized carbons (Fsp3) is 0.867. The molecule has 0 spiro atoms. The number of hydrogen-bond acceptors (Lipinski definition) is 1. The van der Waals surface area contributed by atoms with Crippen LogP contribution in [0.25, 0.3) is 0 Å². The van der Waals surface area contributed by atoms with E-state index in [1.165, 1.54) is 24.8 Å². The maximum Gasteiger partial charge on any atom is 0.0192 e. The molecule has 0 radical (unpaired) electrons. The Morgan fingerprint density at radius 3 is 1.94 bits per heavy atom. The molecule has 2 heteroatoms. The van der Waals surface area contributed by atoms with Crippen LogP contribution in [-0.2, 0) is 0 Å². The highest BCUT2D eigenvalue weighted by atomic mass is 35.5. The average molecular weight is 256 g/mol. The molecule has 0 aromatic heterocycles. The lowest BCUT2D eigenvalue weighted by Crippen LogP contribution is -2.58. The summed E-state index contributed by atoms with van der Waals surface area (Å²) >= 11 is 0. The molecule has 4 fully saturated rings. The smallest absolute Gasteiger partial charge is 0.0192 e. The van der Waals surface area contributed by atoms with Crippen molar-refractivity contribution in [1.82, 2.24) is 5.32 Å². The molecular formula is C15H26ClN. The van der Waals surface area contributed by atoms with Crippen molar-refractivity contribution in [3.8, 4) is 0 Å². The van der Waals surface area contributed by atoms with Gasteiger partial charge < -0.3 is 5.32 Å². The SMILES string of the molecule is CC(C)=CCNC12CC3CC(CC(C3)C1)C2.Cl. The minimum atomic E-state index is 0. The Morgan fingerprint density at radius 1 is 1.06 bits per heavy atom. The first-order valence-corrected chi connectivity index (χ1v) is 7.04. The molecule has 4 saturated carbocycles. The summed E-state index contributed by atoms with van der Waals surface area (Å²) in [4.78, 5) is 0. The summed E-state index contributed by atoms with van der Waals surface area (Å²) in [7, 11) is 0. The number of hydrogen-bond donors (Lipinski definition) is 1.